The summed E-state index contributed by atoms with van der Waals surface area (Å²) in [7, 11) is 1.67. The number of hydrogen-bond acceptors (Lipinski definition) is 4. The zero-order valence-electron chi connectivity index (χ0n) is 13.3. The van der Waals surface area contributed by atoms with Crippen molar-refractivity contribution < 1.29 is 14.2 Å². The van der Waals surface area contributed by atoms with Gasteiger partial charge in [-0.1, -0.05) is 12.1 Å². The normalized spacial score (nSPS) is 24.4. The highest BCUT2D eigenvalue weighted by atomic mass is 16.5. The maximum Gasteiger partial charge on any atom is 0.237 e. The van der Waals surface area contributed by atoms with Crippen LogP contribution in [0.2, 0.25) is 0 Å². The number of aromatic nitrogens is 2. The minimum absolute atomic E-state index is 0.205. The summed E-state index contributed by atoms with van der Waals surface area (Å²) < 4.78 is 17.6. The Morgan fingerprint density at radius 2 is 2.18 bits per heavy atom. The highest BCUT2D eigenvalue weighted by molar-refractivity contribution is 5.56. The molecule has 4 rings (SSSR count). The first-order chi connectivity index (χ1) is 10.5. The van der Waals surface area contributed by atoms with Crippen LogP contribution in [0.5, 0.6) is 17.4 Å². The summed E-state index contributed by atoms with van der Waals surface area (Å²) in [4.78, 5) is 0. The summed E-state index contributed by atoms with van der Waals surface area (Å²) in [6, 6.07) is 6.07. The minimum Gasteiger partial charge on any atom is -0.493 e. The van der Waals surface area contributed by atoms with Crippen molar-refractivity contribution in [2.24, 2.45) is 5.92 Å². The molecule has 2 atom stereocenters. The van der Waals surface area contributed by atoms with Gasteiger partial charge in [-0.15, -0.1) is 5.10 Å². The average molecular weight is 300 g/mol. The van der Waals surface area contributed by atoms with Crippen LogP contribution in [-0.4, -0.2) is 29.5 Å². The van der Waals surface area contributed by atoms with E-state index in [0.717, 1.165) is 28.3 Å². The summed E-state index contributed by atoms with van der Waals surface area (Å²) in [6.07, 6.45) is 0. The van der Waals surface area contributed by atoms with Gasteiger partial charge in [0.25, 0.3) is 0 Å². The van der Waals surface area contributed by atoms with E-state index in [9.17, 15) is 0 Å². The molecule has 0 aliphatic carbocycles. The highest BCUT2D eigenvalue weighted by Crippen LogP contribution is 2.54. The largest absolute Gasteiger partial charge is 0.493 e. The summed E-state index contributed by atoms with van der Waals surface area (Å²) in [6.45, 7) is 6.85. The van der Waals surface area contributed by atoms with Gasteiger partial charge in [0.2, 0.25) is 5.88 Å². The van der Waals surface area contributed by atoms with Gasteiger partial charge in [-0.3, -0.25) is 5.10 Å². The van der Waals surface area contributed by atoms with E-state index in [1.54, 1.807) is 7.11 Å². The molecule has 2 aromatic rings. The molecule has 2 unspecified atom stereocenters. The lowest BCUT2D eigenvalue weighted by molar-refractivity contribution is -0.0174. The number of para-hydroxylation sites is 1. The minimum atomic E-state index is -0.333. The molecule has 22 heavy (non-hydrogen) atoms. The molecule has 0 amide bonds. The van der Waals surface area contributed by atoms with E-state index in [2.05, 4.69) is 30.1 Å². The maximum absolute atomic E-state index is 6.13. The van der Waals surface area contributed by atoms with Crippen LogP contribution in [0.1, 0.15) is 36.6 Å². The third kappa shape index (κ3) is 1.68. The fourth-order valence-electron chi connectivity index (χ4n) is 3.72. The molecule has 5 heteroatoms. The monoisotopic (exact) mass is 300 g/mol. The Balaban J connectivity index is 1.96. The van der Waals surface area contributed by atoms with Gasteiger partial charge in [0, 0.05) is 28.7 Å². The Bertz CT molecular complexity index is 736. The standard InChI is InChI=1S/C17H20N2O3/c1-9-13-14-10-6-5-7-12(20-4)15(10)21-8-11(14)17(2,3)22-16(13)19-18-9/h5-7,11,14H,8H2,1-4H3,(H,18,19). The first-order valence-electron chi connectivity index (χ1n) is 7.56. The van der Waals surface area contributed by atoms with Gasteiger partial charge in [0.05, 0.1) is 13.7 Å². The third-order valence-corrected chi connectivity index (χ3v) is 4.90. The molecule has 1 aromatic heterocycles. The molecule has 0 bridgehead atoms. The van der Waals surface area contributed by atoms with Crippen molar-refractivity contribution in [1.82, 2.24) is 10.2 Å². The van der Waals surface area contributed by atoms with Crippen molar-refractivity contribution in [2.75, 3.05) is 13.7 Å². The highest BCUT2D eigenvalue weighted by Gasteiger charge is 2.50. The lowest BCUT2D eigenvalue weighted by Gasteiger charge is -2.46. The molecule has 5 nitrogen and oxygen atoms in total. The fourth-order valence-corrected chi connectivity index (χ4v) is 3.72. The number of nitrogens with one attached hydrogen (secondary N) is 1. The van der Waals surface area contributed by atoms with Gasteiger partial charge in [0.1, 0.15) is 5.60 Å². The van der Waals surface area contributed by atoms with Crippen LogP contribution in [-0.2, 0) is 0 Å². The van der Waals surface area contributed by atoms with Gasteiger partial charge in [0.15, 0.2) is 11.5 Å². The number of benzene rings is 1. The van der Waals surface area contributed by atoms with Gasteiger partial charge in [-0.25, -0.2) is 0 Å². The summed E-state index contributed by atoms with van der Waals surface area (Å²) in [5.41, 5.74) is 3.01. The molecule has 3 heterocycles. The van der Waals surface area contributed by atoms with Crippen LogP contribution in [0, 0.1) is 12.8 Å². The van der Waals surface area contributed by atoms with E-state index in [0.29, 0.717) is 12.5 Å². The van der Waals surface area contributed by atoms with Crippen LogP contribution < -0.4 is 14.2 Å². The molecule has 0 fully saturated rings. The van der Waals surface area contributed by atoms with Gasteiger partial charge in [-0.05, 0) is 26.8 Å². The molecular formula is C17H20N2O3. The van der Waals surface area contributed by atoms with Crippen molar-refractivity contribution in [2.45, 2.75) is 32.3 Å². The summed E-state index contributed by atoms with van der Waals surface area (Å²) in [5, 5.41) is 7.40. The lowest BCUT2D eigenvalue weighted by Crippen LogP contribution is -2.49. The van der Waals surface area contributed by atoms with Crippen molar-refractivity contribution in [3.8, 4) is 17.4 Å². The number of nitrogens with zero attached hydrogens (tertiary/aromatic N) is 1. The molecule has 2 aliphatic rings. The maximum atomic E-state index is 6.13. The lowest BCUT2D eigenvalue weighted by atomic mass is 9.70. The number of rotatable bonds is 1. The molecule has 0 spiro atoms. The molecule has 0 radical (unpaired) electrons. The molecule has 1 aromatic carbocycles. The second kappa shape index (κ2) is 4.41. The fraction of sp³-hybridized carbons (Fsp3) is 0.471. The van der Waals surface area contributed by atoms with Crippen molar-refractivity contribution >= 4 is 0 Å². The number of fused-ring (bicyclic) bond motifs is 5. The Hall–Kier alpha value is -2.17. The summed E-state index contributed by atoms with van der Waals surface area (Å²) in [5.74, 6) is 2.77. The zero-order valence-corrected chi connectivity index (χ0v) is 13.3. The number of H-pyrrole nitrogens is 1. The predicted molar refractivity (Wildman–Crippen MR) is 81.9 cm³/mol. The van der Waals surface area contributed by atoms with Crippen LogP contribution in [0.4, 0.5) is 0 Å². The Kier molecular flexibility index (Phi) is 2.71. The first-order valence-corrected chi connectivity index (χ1v) is 7.56. The molecule has 0 saturated carbocycles. The first kappa shape index (κ1) is 13.5. The van der Waals surface area contributed by atoms with E-state index >= 15 is 0 Å². The third-order valence-electron chi connectivity index (χ3n) is 4.90. The Morgan fingerprint density at radius 1 is 1.36 bits per heavy atom. The number of aryl methyl sites for hydroxylation is 1. The number of methoxy groups -OCH3 is 1. The number of aromatic amines is 1. The molecular weight excluding hydrogens is 280 g/mol. The molecule has 1 N–H and O–H groups in total. The number of hydrogen-bond donors (Lipinski definition) is 1. The quantitative estimate of drug-likeness (QED) is 0.879. The van der Waals surface area contributed by atoms with Gasteiger partial charge >= 0.3 is 0 Å². The topological polar surface area (TPSA) is 56.4 Å². The van der Waals surface area contributed by atoms with Crippen molar-refractivity contribution in [1.29, 1.82) is 0 Å². The van der Waals surface area contributed by atoms with E-state index < -0.39 is 0 Å². The Labute approximate surface area is 129 Å². The van der Waals surface area contributed by atoms with Crippen LogP contribution in [0.15, 0.2) is 18.2 Å². The average Bonchev–Trinajstić information content (AvgIpc) is 2.85. The second-order valence-corrected chi connectivity index (χ2v) is 6.55. The van der Waals surface area contributed by atoms with Crippen LogP contribution in [0.3, 0.4) is 0 Å². The van der Waals surface area contributed by atoms with Crippen LogP contribution >= 0.6 is 0 Å². The molecule has 2 aliphatic heterocycles. The van der Waals surface area contributed by atoms with E-state index in [1.807, 2.05) is 19.1 Å². The SMILES string of the molecule is COc1cccc2c1OCC1C2c2c(n[nH]c2C)OC1(C)C. The van der Waals surface area contributed by atoms with Gasteiger partial charge in [-0.2, -0.15) is 0 Å². The van der Waals surface area contributed by atoms with Crippen LogP contribution in [0.25, 0.3) is 0 Å². The predicted octanol–water partition coefficient (Wildman–Crippen LogP) is 3.04. The van der Waals surface area contributed by atoms with Crippen molar-refractivity contribution in [3.63, 3.8) is 0 Å². The van der Waals surface area contributed by atoms with E-state index in [1.165, 1.54) is 0 Å². The van der Waals surface area contributed by atoms with E-state index in [4.69, 9.17) is 14.2 Å². The number of ether oxygens (including phenoxy) is 3. The zero-order chi connectivity index (χ0) is 15.5. The molecule has 116 valence electrons. The summed E-state index contributed by atoms with van der Waals surface area (Å²) >= 11 is 0. The Morgan fingerprint density at radius 3 is 2.95 bits per heavy atom. The van der Waals surface area contributed by atoms with Crippen molar-refractivity contribution in [3.05, 3.63) is 35.0 Å². The van der Waals surface area contributed by atoms with E-state index in [-0.39, 0.29) is 17.4 Å². The van der Waals surface area contributed by atoms with Gasteiger partial charge < -0.3 is 14.2 Å². The second-order valence-electron chi connectivity index (χ2n) is 6.55. The smallest absolute Gasteiger partial charge is 0.237 e. The molecule has 0 saturated heterocycles.